The van der Waals surface area contributed by atoms with E-state index in [1.54, 1.807) is 24.3 Å². The lowest BCUT2D eigenvalue weighted by molar-refractivity contribution is -0.187. The van der Waals surface area contributed by atoms with Crippen LogP contribution in [-0.4, -0.2) is 25.2 Å². The molecule has 0 aliphatic heterocycles. The molecule has 0 aliphatic carbocycles. The number of hydrogen-bond acceptors (Lipinski definition) is 6. The number of halogens is 4. The first-order valence-corrected chi connectivity index (χ1v) is 12.0. The lowest BCUT2D eigenvalue weighted by Crippen LogP contribution is -2.22. The minimum atomic E-state index is -3.98. The maximum absolute atomic E-state index is 14.8. The molecule has 0 radical (unpaired) electrons. The van der Waals surface area contributed by atoms with Gasteiger partial charge in [0.2, 0.25) is 11.6 Å². The first kappa shape index (κ1) is 29.9. The molecule has 0 heterocycles. The number of alkyl halides is 2. The van der Waals surface area contributed by atoms with Gasteiger partial charge in [-0.3, -0.25) is 0 Å². The van der Waals surface area contributed by atoms with Gasteiger partial charge in [0, 0.05) is 17.6 Å². The fourth-order valence-corrected chi connectivity index (χ4v) is 3.20. The van der Waals surface area contributed by atoms with E-state index in [-0.39, 0.29) is 30.8 Å². The molecule has 0 bridgehead atoms. The molecule has 3 aromatic rings. The zero-order valence-electron chi connectivity index (χ0n) is 21.8. The predicted molar refractivity (Wildman–Crippen MR) is 139 cm³/mol. The maximum atomic E-state index is 14.8. The second-order valence-electron chi connectivity index (χ2n) is 8.70. The SMILES string of the molecule is C=C(C)C(=O)OCCCOc1ccc(OC(F)(F)c2ccc(-c3ccc(OC(=O)C(=C)C)cc3)cc2)c(F)c1F. The minimum Gasteiger partial charge on any atom is -0.490 e. The molecule has 10 heteroatoms. The topological polar surface area (TPSA) is 71.1 Å². The third-order valence-corrected chi connectivity index (χ3v) is 5.35. The van der Waals surface area contributed by atoms with Crippen molar-refractivity contribution in [3.63, 3.8) is 0 Å². The van der Waals surface area contributed by atoms with Crippen molar-refractivity contribution in [2.24, 2.45) is 0 Å². The summed E-state index contributed by atoms with van der Waals surface area (Å²) in [5.41, 5.74) is 1.10. The molecule has 0 spiro atoms. The molecule has 210 valence electrons. The van der Waals surface area contributed by atoms with Gasteiger partial charge in [-0.2, -0.15) is 17.6 Å². The summed E-state index contributed by atoms with van der Waals surface area (Å²) in [6.45, 7) is 9.78. The summed E-state index contributed by atoms with van der Waals surface area (Å²) in [6.07, 6.45) is -3.80. The highest BCUT2D eigenvalue weighted by Gasteiger charge is 2.36. The van der Waals surface area contributed by atoms with E-state index >= 15 is 0 Å². The highest BCUT2D eigenvalue weighted by atomic mass is 19.3. The summed E-state index contributed by atoms with van der Waals surface area (Å²) in [5.74, 6) is -5.53. The Labute approximate surface area is 228 Å². The summed E-state index contributed by atoms with van der Waals surface area (Å²) in [7, 11) is 0. The van der Waals surface area contributed by atoms with Crippen LogP contribution in [0.4, 0.5) is 17.6 Å². The summed E-state index contributed by atoms with van der Waals surface area (Å²) in [6, 6.07) is 13.2. The molecule has 0 aromatic heterocycles. The zero-order chi connectivity index (χ0) is 29.4. The van der Waals surface area contributed by atoms with Crippen LogP contribution in [0.1, 0.15) is 25.8 Å². The van der Waals surface area contributed by atoms with Crippen LogP contribution >= 0.6 is 0 Å². The Hall–Kier alpha value is -4.60. The summed E-state index contributed by atoms with van der Waals surface area (Å²) >= 11 is 0. The van der Waals surface area contributed by atoms with Crippen molar-refractivity contribution in [3.8, 4) is 28.4 Å². The lowest BCUT2D eigenvalue weighted by atomic mass is 10.0. The number of hydrogen-bond donors (Lipinski definition) is 0. The Balaban J connectivity index is 1.62. The number of esters is 2. The molecule has 0 aliphatic rings. The van der Waals surface area contributed by atoms with E-state index in [0.717, 1.165) is 24.3 Å². The first-order valence-electron chi connectivity index (χ1n) is 12.0. The van der Waals surface area contributed by atoms with Gasteiger partial charge in [-0.15, -0.1) is 0 Å². The average molecular weight is 559 g/mol. The van der Waals surface area contributed by atoms with Crippen LogP contribution in [0, 0.1) is 11.6 Å². The van der Waals surface area contributed by atoms with Crippen molar-refractivity contribution in [1.82, 2.24) is 0 Å². The van der Waals surface area contributed by atoms with E-state index in [1.165, 1.54) is 26.0 Å². The molecule has 0 saturated heterocycles. The molecular weight excluding hydrogens is 532 g/mol. The fourth-order valence-electron chi connectivity index (χ4n) is 3.20. The number of carbonyl (C=O) groups excluding carboxylic acids is 2. The van der Waals surface area contributed by atoms with Crippen LogP contribution < -0.4 is 14.2 Å². The average Bonchev–Trinajstić information content (AvgIpc) is 2.92. The molecule has 0 unspecified atom stereocenters. The Morgan fingerprint density at radius 1 is 0.750 bits per heavy atom. The largest absolute Gasteiger partial charge is 0.490 e. The third-order valence-electron chi connectivity index (χ3n) is 5.35. The molecule has 0 saturated carbocycles. The van der Waals surface area contributed by atoms with Gasteiger partial charge in [0.05, 0.1) is 18.8 Å². The van der Waals surface area contributed by atoms with E-state index in [1.807, 2.05) is 0 Å². The monoisotopic (exact) mass is 558 g/mol. The third kappa shape index (κ3) is 7.72. The molecule has 0 N–H and O–H groups in total. The Bertz CT molecular complexity index is 1400. The maximum Gasteiger partial charge on any atom is 0.426 e. The molecule has 0 amide bonds. The van der Waals surface area contributed by atoms with Gasteiger partial charge >= 0.3 is 18.0 Å². The van der Waals surface area contributed by atoms with Crippen molar-refractivity contribution in [3.05, 3.63) is 102 Å². The molecule has 0 atom stereocenters. The van der Waals surface area contributed by atoms with Crippen molar-refractivity contribution >= 4 is 11.9 Å². The van der Waals surface area contributed by atoms with Gasteiger partial charge in [0.1, 0.15) is 5.75 Å². The van der Waals surface area contributed by atoms with Gasteiger partial charge in [0.25, 0.3) is 0 Å². The summed E-state index contributed by atoms with van der Waals surface area (Å²) in [5, 5.41) is 0. The van der Waals surface area contributed by atoms with Crippen LogP contribution in [0.2, 0.25) is 0 Å². The molecular formula is C30H26F4O6. The molecule has 40 heavy (non-hydrogen) atoms. The van der Waals surface area contributed by atoms with Gasteiger partial charge in [-0.25, -0.2) is 9.59 Å². The van der Waals surface area contributed by atoms with E-state index in [2.05, 4.69) is 17.9 Å². The number of rotatable bonds is 12. The van der Waals surface area contributed by atoms with E-state index in [4.69, 9.17) is 14.2 Å². The van der Waals surface area contributed by atoms with Crippen LogP contribution in [0.5, 0.6) is 17.2 Å². The summed E-state index contributed by atoms with van der Waals surface area (Å²) in [4.78, 5) is 22.9. The predicted octanol–water partition coefficient (Wildman–Crippen LogP) is 7.13. The Morgan fingerprint density at radius 2 is 1.27 bits per heavy atom. The van der Waals surface area contributed by atoms with Crippen LogP contribution in [0.3, 0.4) is 0 Å². The van der Waals surface area contributed by atoms with Gasteiger partial charge in [-0.1, -0.05) is 37.4 Å². The number of benzene rings is 3. The van der Waals surface area contributed by atoms with Gasteiger partial charge in [-0.05, 0) is 61.4 Å². The second kappa shape index (κ2) is 13.0. The van der Waals surface area contributed by atoms with Gasteiger partial charge < -0.3 is 18.9 Å². The smallest absolute Gasteiger partial charge is 0.426 e. The molecule has 0 fully saturated rings. The Morgan fingerprint density at radius 3 is 1.85 bits per heavy atom. The first-order chi connectivity index (χ1) is 18.9. The number of ether oxygens (including phenoxy) is 4. The van der Waals surface area contributed by atoms with Crippen molar-refractivity contribution < 1.29 is 46.1 Å². The quantitative estimate of drug-likeness (QED) is 0.0775. The van der Waals surface area contributed by atoms with Crippen molar-refractivity contribution in [2.45, 2.75) is 26.4 Å². The summed E-state index contributed by atoms with van der Waals surface area (Å²) < 4.78 is 78.1. The van der Waals surface area contributed by atoms with E-state index in [9.17, 15) is 27.2 Å². The lowest BCUT2D eigenvalue weighted by Gasteiger charge is -2.19. The normalized spacial score (nSPS) is 10.9. The van der Waals surface area contributed by atoms with Crippen LogP contribution in [0.15, 0.2) is 85.0 Å². The molecule has 3 aromatic carbocycles. The highest BCUT2D eigenvalue weighted by Crippen LogP contribution is 2.36. The fraction of sp³-hybridized carbons (Fsp3) is 0.200. The second-order valence-corrected chi connectivity index (χ2v) is 8.70. The van der Waals surface area contributed by atoms with E-state index in [0.29, 0.717) is 16.9 Å². The van der Waals surface area contributed by atoms with Crippen LogP contribution in [0.25, 0.3) is 11.1 Å². The standard InChI is InChI=1S/C30H26F4O6/c1-18(2)28(35)38-17-5-16-37-24-14-15-25(27(32)26(24)31)40-30(33,34)22-10-6-20(7-11-22)21-8-12-23(13-9-21)39-29(36)19(3)4/h6-15H,1,3,5,16-17H2,2,4H3. The molecule has 6 nitrogen and oxygen atoms in total. The zero-order valence-corrected chi connectivity index (χ0v) is 21.8. The Kier molecular flexibility index (Phi) is 9.71. The number of carbonyl (C=O) groups is 2. The minimum absolute atomic E-state index is 0.0296. The van der Waals surface area contributed by atoms with Crippen molar-refractivity contribution in [1.29, 1.82) is 0 Å². The van der Waals surface area contributed by atoms with Gasteiger partial charge in [0.15, 0.2) is 11.5 Å². The van der Waals surface area contributed by atoms with E-state index < -0.39 is 46.7 Å². The molecule has 3 rings (SSSR count). The highest BCUT2D eigenvalue weighted by molar-refractivity contribution is 5.88. The van der Waals surface area contributed by atoms with Crippen LogP contribution in [-0.2, 0) is 20.4 Å². The van der Waals surface area contributed by atoms with Crippen molar-refractivity contribution in [2.75, 3.05) is 13.2 Å².